The molecule has 0 aliphatic carbocycles. The van der Waals surface area contributed by atoms with Crippen LogP contribution in [0.1, 0.15) is 22.3 Å². The van der Waals surface area contributed by atoms with Crippen LogP contribution >= 0.6 is 0 Å². The minimum Gasteiger partial charge on any atom is -0.871 e. The third-order valence-electron chi connectivity index (χ3n) is 4.48. The largest absolute Gasteiger partial charge is 2.00 e. The fraction of sp³-hybridized carbons (Fsp3) is 0.182. The Bertz CT molecular complexity index is 1020. The molecule has 0 fully saturated rings. The van der Waals surface area contributed by atoms with Gasteiger partial charge < -0.3 is 10.2 Å². The normalized spacial score (nSPS) is 10.2. The van der Waals surface area contributed by atoms with Gasteiger partial charge in [0, 0.05) is 23.2 Å². The summed E-state index contributed by atoms with van der Waals surface area (Å²) in [5.41, 5.74) is 4.92. The summed E-state index contributed by atoms with van der Waals surface area (Å²) in [4.78, 5) is 8.18. The van der Waals surface area contributed by atoms with Gasteiger partial charge in [-0.25, -0.2) is 0 Å². The average Bonchev–Trinajstić information content (AvgIpc) is 2.65. The molecule has 5 heteroatoms. The van der Waals surface area contributed by atoms with E-state index in [0.717, 1.165) is 33.0 Å². The summed E-state index contributed by atoms with van der Waals surface area (Å²) in [6.07, 6.45) is 3.31. The molecule has 4 nitrogen and oxygen atoms in total. The van der Waals surface area contributed by atoms with Crippen molar-refractivity contribution < 1.29 is 27.3 Å². The SMILES string of the molecule is Cc1cc(C)c2cccnc2c1[O-].Cc1cc(C)c2cccnc2c1[O-].[Cu+2]. The van der Waals surface area contributed by atoms with E-state index in [1.807, 2.05) is 64.1 Å². The molecule has 4 rings (SSSR count). The molecule has 0 N–H and O–H groups in total. The Morgan fingerprint density at radius 3 is 1.37 bits per heavy atom. The van der Waals surface area contributed by atoms with Gasteiger partial charge in [0.1, 0.15) is 0 Å². The van der Waals surface area contributed by atoms with Crippen molar-refractivity contribution in [2.24, 2.45) is 0 Å². The Morgan fingerprint density at radius 2 is 1.00 bits per heavy atom. The van der Waals surface area contributed by atoms with E-state index < -0.39 is 0 Å². The van der Waals surface area contributed by atoms with Crippen LogP contribution in [-0.4, -0.2) is 9.97 Å². The van der Waals surface area contributed by atoms with E-state index in [9.17, 15) is 10.2 Å². The van der Waals surface area contributed by atoms with Crippen LogP contribution in [0.4, 0.5) is 0 Å². The van der Waals surface area contributed by atoms with E-state index in [1.165, 1.54) is 0 Å². The minimum absolute atomic E-state index is 0. The van der Waals surface area contributed by atoms with E-state index in [1.54, 1.807) is 12.4 Å². The van der Waals surface area contributed by atoms with Crippen LogP contribution < -0.4 is 10.2 Å². The van der Waals surface area contributed by atoms with Crippen molar-refractivity contribution in [1.82, 2.24) is 9.97 Å². The van der Waals surface area contributed by atoms with E-state index in [4.69, 9.17) is 0 Å². The Hall–Kier alpha value is -2.62. The van der Waals surface area contributed by atoms with Crippen LogP contribution in [0.2, 0.25) is 0 Å². The number of fused-ring (bicyclic) bond motifs is 2. The number of benzene rings is 2. The van der Waals surface area contributed by atoms with Crippen LogP contribution in [0.25, 0.3) is 21.8 Å². The summed E-state index contributed by atoms with van der Waals surface area (Å²) in [5.74, 6) is 0.0856. The van der Waals surface area contributed by atoms with Crippen molar-refractivity contribution >= 4 is 21.8 Å². The molecule has 0 amide bonds. The van der Waals surface area contributed by atoms with Crippen molar-refractivity contribution in [3.63, 3.8) is 0 Å². The van der Waals surface area contributed by atoms with Crippen LogP contribution in [0, 0.1) is 27.7 Å². The van der Waals surface area contributed by atoms with Crippen molar-refractivity contribution in [2.45, 2.75) is 27.7 Å². The molecule has 0 unspecified atom stereocenters. The Morgan fingerprint density at radius 1 is 0.630 bits per heavy atom. The molecule has 0 aliphatic heterocycles. The molecule has 0 bridgehead atoms. The van der Waals surface area contributed by atoms with Gasteiger partial charge in [-0.05, 0) is 51.0 Å². The van der Waals surface area contributed by atoms with Crippen LogP contribution in [-0.2, 0) is 17.1 Å². The van der Waals surface area contributed by atoms with Gasteiger partial charge in [-0.2, -0.15) is 0 Å². The first-order chi connectivity index (χ1) is 12.4. The molecule has 4 aromatic rings. The number of hydrogen-bond acceptors (Lipinski definition) is 4. The second-order valence-corrected chi connectivity index (χ2v) is 6.48. The van der Waals surface area contributed by atoms with Crippen molar-refractivity contribution in [3.8, 4) is 11.5 Å². The standard InChI is InChI=1S/2C11H11NO.Cu/c2*1-7-6-8(2)11(13)10-9(7)4-3-5-12-10;/h2*3-6,13H,1-2H3;/q;;+2/p-2. The van der Waals surface area contributed by atoms with E-state index in [2.05, 4.69) is 9.97 Å². The summed E-state index contributed by atoms with van der Waals surface area (Å²) in [5, 5.41) is 25.1. The molecule has 27 heavy (non-hydrogen) atoms. The predicted octanol–water partition coefficient (Wildman–Crippen LogP) is 3.85. The quantitative estimate of drug-likeness (QED) is 0.415. The van der Waals surface area contributed by atoms with Gasteiger partial charge in [0.2, 0.25) is 0 Å². The zero-order valence-corrected chi connectivity index (χ0v) is 16.6. The van der Waals surface area contributed by atoms with E-state index in [-0.39, 0.29) is 28.6 Å². The molecule has 2 aromatic heterocycles. The Balaban J connectivity index is 0.000000187. The monoisotopic (exact) mass is 407 g/mol. The smallest absolute Gasteiger partial charge is 0.871 e. The fourth-order valence-electron chi connectivity index (χ4n) is 3.12. The molecule has 0 saturated heterocycles. The van der Waals surface area contributed by atoms with Crippen LogP contribution in [0.3, 0.4) is 0 Å². The van der Waals surface area contributed by atoms with E-state index >= 15 is 0 Å². The first kappa shape index (κ1) is 20.7. The number of pyridine rings is 2. The molecule has 0 atom stereocenters. The summed E-state index contributed by atoms with van der Waals surface area (Å²) in [6.45, 7) is 7.64. The number of aryl methyl sites for hydroxylation is 4. The number of rotatable bonds is 0. The van der Waals surface area contributed by atoms with Gasteiger partial charge in [-0.1, -0.05) is 46.9 Å². The molecular weight excluding hydrogens is 388 g/mol. The number of nitrogens with zero attached hydrogens (tertiary/aromatic N) is 2. The third kappa shape index (κ3) is 4.05. The Labute approximate surface area is 169 Å². The molecule has 0 spiro atoms. The minimum atomic E-state index is 0. The van der Waals surface area contributed by atoms with Gasteiger partial charge in [-0.3, -0.25) is 9.97 Å². The zero-order chi connectivity index (χ0) is 18.8. The van der Waals surface area contributed by atoms with Crippen LogP contribution in [0.15, 0.2) is 48.8 Å². The second kappa shape index (κ2) is 8.38. The maximum atomic E-state index is 11.6. The zero-order valence-electron chi connectivity index (χ0n) is 15.6. The van der Waals surface area contributed by atoms with E-state index in [0.29, 0.717) is 11.0 Å². The van der Waals surface area contributed by atoms with Gasteiger partial charge in [0.15, 0.2) is 0 Å². The predicted molar refractivity (Wildman–Crippen MR) is 101 cm³/mol. The second-order valence-electron chi connectivity index (χ2n) is 6.48. The van der Waals surface area contributed by atoms with Gasteiger partial charge in [0.25, 0.3) is 0 Å². The molecule has 1 radical (unpaired) electrons. The van der Waals surface area contributed by atoms with Crippen molar-refractivity contribution in [2.75, 3.05) is 0 Å². The molecular formula is C22H20CuN2O2. The fourth-order valence-corrected chi connectivity index (χ4v) is 3.12. The van der Waals surface area contributed by atoms with Gasteiger partial charge in [-0.15, -0.1) is 0 Å². The molecule has 0 aliphatic rings. The summed E-state index contributed by atoms with van der Waals surface area (Å²) in [7, 11) is 0. The van der Waals surface area contributed by atoms with Gasteiger partial charge in [0.05, 0.1) is 11.0 Å². The maximum absolute atomic E-state index is 11.6. The molecule has 2 aromatic carbocycles. The third-order valence-corrected chi connectivity index (χ3v) is 4.48. The van der Waals surface area contributed by atoms with Gasteiger partial charge >= 0.3 is 17.1 Å². The van der Waals surface area contributed by atoms with Crippen molar-refractivity contribution in [1.29, 1.82) is 0 Å². The Kier molecular flexibility index (Phi) is 6.42. The molecule has 2 heterocycles. The first-order valence-corrected chi connectivity index (χ1v) is 8.44. The molecule has 0 saturated carbocycles. The topological polar surface area (TPSA) is 71.9 Å². The van der Waals surface area contributed by atoms with Crippen LogP contribution in [0.5, 0.6) is 11.5 Å². The maximum Gasteiger partial charge on any atom is 2.00 e. The summed E-state index contributed by atoms with van der Waals surface area (Å²) < 4.78 is 0. The van der Waals surface area contributed by atoms with Crippen molar-refractivity contribution in [3.05, 3.63) is 71.0 Å². The summed E-state index contributed by atoms with van der Waals surface area (Å²) >= 11 is 0. The number of aromatic nitrogens is 2. The summed E-state index contributed by atoms with van der Waals surface area (Å²) in [6, 6.07) is 11.4. The first-order valence-electron chi connectivity index (χ1n) is 8.44. The number of hydrogen-bond donors (Lipinski definition) is 0. The average molecular weight is 408 g/mol. The molecule has 141 valence electrons.